The summed E-state index contributed by atoms with van der Waals surface area (Å²) in [6.07, 6.45) is 0.752. The van der Waals surface area contributed by atoms with Crippen molar-refractivity contribution < 1.29 is 9.59 Å². The molecule has 0 fully saturated rings. The summed E-state index contributed by atoms with van der Waals surface area (Å²) in [5, 5.41) is 9.93. The van der Waals surface area contributed by atoms with Gasteiger partial charge in [-0.2, -0.15) is 5.10 Å². The van der Waals surface area contributed by atoms with Crippen LogP contribution in [0.4, 0.5) is 5.69 Å². The van der Waals surface area contributed by atoms with Gasteiger partial charge in [-0.15, -0.1) is 0 Å². The summed E-state index contributed by atoms with van der Waals surface area (Å²) < 4.78 is 0.665. The van der Waals surface area contributed by atoms with E-state index >= 15 is 0 Å². The van der Waals surface area contributed by atoms with E-state index in [4.69, 9.17) is 0 Å². The lowest BCUT2D eigenvalue weighted by Crippen LogP contribution is -2.39. The molecule has 140 valence electrons. The fourth-order valence-electron chi connectivity index (χ4n) is 2.61. The second kappa shape index (κ2) is 8.98. The predicted octanol–water partition coefficient (Wildman–Crippen LogP) is 4.09. The number of carbonyl (C=O) groups is 2. The van der Waals surface area contributed by atoms with Gasteiger partial charge in [-0.25, -0.2) is 0 Å². The minimum atomic E-state index is -0.262. The minimum Gasteiger partial charge on any atom is -0.328 e. The van der Waals surface area contributed by atoms with Crippen LogP contribution in [-0.2, 0) is 4.79 Å². The van der Waals surface area contributed by atoms with Crippen LogP contribution < -0.4 is 5.32 Å². The molecule has 1 aromatic heterocycles. The van der Waals surface area contributed by atoms with Crippen LogP contribution in [0.2, 0.25) is 0 Å². The maximum atomic E-state index is 12.9. The summed E-state index contributed by atoms with van der Waals surface area (Å²) >= 11 is 3.46. The Hall–Kier alpha value is -2.15. The number of H-pyrrole nitrogens is 1. The highest BCUT2D eigenvalue weighted by atomic mass is 79.9. The van der Waals surface area contributed by atoms with E-state index in [2.05, 4.69) is 31.4 Å². The minimum absolute atomic E-state index is 0.0165. The Balaban J connectivity index is 2.14. The van der Waals surface area contributed by atoms with E-state index in [-0.39, 0.29) is 24.3 Å². The zero-order chi connectivity index (χ0) is 19.3. The van der Waals surface area contributed by atoms with Crippen molar-refractivity contribution in [2.45, 2.75) is 40.0 Å². The predicted molar refractivity (Wildman–Crippen MR) is 106 cm³/mol. The second-order valence-electron chi connectivity index (χ2n) is 6.54. The molecular formula is C19H25BrN4O2. The number of carbonyl (C=O) groups excluding carboxylic acids is 2. The molecule has 0 aliphatic carbocycles. The fourth-order valence-corrected chi connectivity index (χ4v) is 3.42. The number of hydrogen-bond donors (Lipinski definition) is 2. The zero-order valence-electron chi connectivity index (χ0n) is 15.6. The molecule has 26 heavy (non-hydrogen) atoms. The molecule has 0 atom stereocenters. The van der Waals surface area contributed by atoms with E-state index in [1.807, 2.05) is 52.0 Å². The maximum Gasteiger partial charge on any atom is 0.276 e. The zero-order valence-corrected chi connectivity index (χ0v) is 17.2. The van der Waals surface area contributed by atoms with Gasteiger partial charge >= 0.3 is 0 Å². The van der Waals surface area contributed by atoms with Gasteiger partial charge in [-0.3, -0.25) is 14.7 Å². The van der Waals surface area contributed by atoms with Crippen molar-refractivity contribution >= 4 is 33.4 Å². The lowest BCUT2D eigenvalue weighted by molar-refractivity contribution is -0.116. The normalized spacial score (nSPS) is 10.8. The molecule has 0 saturated heterocycles. The molecule has 0 spiro atoms. The highest BCUT2D eigenvalue weighted by Gasteiger charge is 2.25. The Kier molecular flexibility index (Phi) is 6.97. The molecule has 6 nitrogen and oxygen atoms in total. The molecule has 7 heteroatoms. The van der Waals surface area contributed by atoms with Crippen LogP contribution in [0, 0.1) is 6.92 Å². The molecule has 1 aromatic carbocycles. The topological polar surface area (TPSA) is 78.1 Å². The molecule has 0 saturated carbocycles. The van der Waals surface area contributed by atoms with Crippen LogP contribution in [0.3, 0.4) is 0 Å². The summed E-state index contributed by atoms with van der Waals surface area (Å²) in [5.41, 5.74) is 2.91. The lowest BCUT2D eigenvalue weighted by Gasteiger charge is -2.21. The number of aromatic amines is 1. The largest absolute Gasteiger partial charge is 0.328 e. The van der Waals surface area contributed by atoms with Crippen molar-refractivity contribution in [3.8, 4) is 0 Å². The lowest BCUT2D eigenvalue weighted by atomic mass is 10.1. The number of hydrogen-bond acceptors (Lipinski definition) is 3. The number of halogens is 1. The number of aromatic nitrogens is 2. The van der Waals surface area contributed by atoms with Gasteiger partial charge in [0, 0.05) is 12.2 Å². The second-order valence-corrected chi connectivity index (χ2v) is 7.34. The number of rotatable bonds is 7. The van der Waals surface area contributed by atoms with Crippen LogP contribution >= 0.6 is 15.9 Å². The third kappa shape index (κ3) is 4.72. The maximum absolute atomic E-state index is 12.9. The number of amides is 2. The summed E-state index contributed by atoms with van der Waals surface area (Å²) in [6.45, 7) is 8.41. The van der Waals surface area contributed by atoms with Gasteiger partial charge in [-0.1, -0.05) is 39.0 Å². The van der Waals surface area contributed by atoms with Crippen molar-refractivity contribution in [1.82, 2.24) is 15.1 Å². The average molecular weight is 421 g/mol. The Morgan fingerprint density at radius 3 is 2.58 bits per heavy atom. The van der Waals surface area contributed by atoms with E-state index < -0.39 is 0 Å². The molecule has 2 aromatic rings. The summed E-state index contributed by atoms with van der Waals surface area (Å²) in [7, 11) is 0. The number of nitrogens with one attached hydrogen (secondary N) is 2. The van der Waals surface area contributed by atoms with Gasteiger partial charge in [0.1, 0.15) is 6.54 Å². The standard InChI is InChI=1S/C19H25BrN4O2/c1-5-10-24(11-15(25)21-14-9-7-6-8-13(14)4)19(26)18-16(20)17(12(2)3)22-23-18/h6-9,12H,5,10-11H2,1-4H3,(H,21,25)(H,22,23). The quantitative estimate of drug-likeness (QED) is 0.707. The number of aryl methyl sites for hydroxylation is 1. The molecule has 0 aliphatic heterocycles. The van der Waals surface area contributed by atoms with Gasteiger partial charge in [0.15, 0.2) is 5.69 Å². The molecule has 2 N–H and O–H groups in total. The van der Waals surface area contributed by atoms with Crippen molar-refractivity contribution in [2.75, 3.05) is 18.4 Å². The first kappa shape index (κ1) is 20.2. The van der Waals surface area contributed by atoms with E-state index in [9.17, 15) is 9.59 Å². The van der Waals surface area contributed by atoms with Crippen LogP contribution in [0.15, 0.2) is 28.7 Å². The van der Waals surface area contributed by atoms with E-state index in [0.717, 1.165) is 23.4 Å². The Morgan fingerprint density at radius 2 is 2.00 bits per heavy atom. The molecule has 1 heterocycles. The van der Waals surface area contributed by atoms with E-state index in [0.29, 0.717) is 16.7 Å². The van der Waals surface area contributed by atoms with Crippen molar-refractivity contribution in [3.05, 3.63) is 45.7 Å². The molecule has 0 unspecified atom stereocenters. The van der Waals surface area contributed by atoms with Crippen LogP contribution in [-0.4, -0.2) is 40.0 Å². The number of para-hydroxylation sites is 1. The van der Waals surface area contributed by atoms with Gasteiger partial charge in [0.2, 0.25) is 5.91 Å². The summed E-state index contributed by atoms with van der Waals surface area (Å²) in [5.74, 6) is -0.277. The highest BCUT2D eigenvalue weighted by Crippen LogP contribution is 2.26. The first-order chi connectivity index (χ1) is 12.3. The van der Waals surface area contributed by atoms with E-state index in [1.54, 1.807) is 0 Å². The average Bonchev–Trinajstić information content (AvgIpc) is 2.97. The molecule has 2 rings (SSSR count). The molecule has 0 radical (unpaired) electrons. The molecule has 2 amide bonds. The summed E-state index contributed by atoms with van der Waals surface area (Å²) in [6, 6.07) is 7.56. The Labute approximate surface area is 162 Å². The number of nitrogens with zero attached hydrogens (tertiary/aromatic N) is 2. The SMILES string of the molecule is CCCN(CC(=O)Nc1ccccc1C)C(=O)c1n[nH]c(C(C)C)c1Br. The first-order valence-electron chi connectivity index (χ1n) is 8.73. The molecule has 0 aliphatic rings. The van der Waals surface area contributed by atoms with Crippen LogP contribution in [0.25, 0.3) is 0 Å². The number of anilines is 1. The fraction of sp³-hybridized carbons (Fsp3) is 0.421. The van der Waals surface area contributed by atoms with Gasteiger partial charge in [0.25, 0.3) is 5.91 Å². The van der Waals surface area contributed by atoms with Gasteiger partial charge < -0.3 is 10.2 Å². The van der Waals surface area contributed by atoms with E-state index in [1.165, 1.54) is 4.90 Å². The third-order valence-corrected chi connectivity index (χ3v) is 4.85. The Morgan fingerprint density at radius 1 is 1.31 bits per heavy atom. The molecule has 0 bridgehead atoms. The van der Waals surface area contributed by atoms with Gasteiger partial charge in [-0.05, 0) is 46.8 Å². The first-order valence-corrected chi connectivity index (χ1v) is 9.52. The van der Waals surface area contributed by atoms with Crippen molar-refractivity contribution in [1.29, 1.82) is 0 Å². The van der Waals surface area contributed by atoms with Gasteiger partial charge in [0.05, 0.1) is 10.2 Å². The van der Waals surface area contributed by atoms with Crippen molar-refractivity contribution in [2.24, 2.45) is 0 Å². The highest BCUT2D eigenvalue weighted by molar-refractivity contribution is 9.10. The van der Waals surface area contributed by atoms with Crippen LogP contribution in [0.5, 0.6) is 0 Å². The smallest absolute Gasteiger partial charge is 0.276 e. The monoisotopic (exact) mass is 420 g/mol. The van der Waals surface area contributed by atoms with Crippen LogP contribution in [0.1, 0.15) is 54.9 Å². The number of benzene rings is 1. The third-order valence-electron chi connectivity index (χ3n) is 4.05. The Bertz CT molecular complexity index is 786. The van der Waals surface area contributed by atoms with Crippen molar-refractivity contribution in [3.63, 3.8) is 0 Å². The molecular weight excluding hydrogens is 396 g/mol. The summed E-state index contributed by atoms with van der Waals surface area (Å²) in [4.78, 5) is 26.8.